The summed E-state index contributed by atoms with van der Waals surface area (Å²) in [6, 6.07) is 2.90. The Hall–Kier alpha value is -0.900. The maximum atomic E-state index is 13.2. The van der Waals surface area contributed by atoms with Crippen LogP contribution in [0, 0.1) is 5.82 Å². The highest BCUT2D eigenvalue weighted by Crippen LogP contribution is 2.31. The third-order valence-corrected chi connectivity index (χ3v) is 2.70. The fourth-order valence-electron chi connectivity index (χ4n) is 1.42. The Morgan fingerprint density at radius 2 is 2.23 bits per heavy atom. The minimum atomic E-state index is -0.369. The SMILES string of the molecule is O=C1CCNc2c(F)ccc(Br)c21. The summed E-state index contributed by atoms with van der Waals surface area (Å²) in [5.41, 5.74) is 0.761. The number of rotatable bonds is 0. The highest BCUT2D eigenvalue weighted by atomic mass is 79.9. The van der Waals surface area contributed by atoms with Crippen LogP contribution in [-0.4, -0.2) is 12.3 Å². The molecule has 1 aromatic rings. The number of halogens is 2. The topological polar surface area (TPSA) is 29.1 Å². The van der Waals surface area contributed by atoms with Crippen LogP contribution in [0.5, 0.6) is 0 Å². The summed E-state index contributed by atoms with van der Waals surface area (Å²) in [4.78, 5) is 11.4. The van der Waals surface area contributed by atoms with Crippen molar-refractivity contribution in [1.29, 1.82) is 0 Å². The van der Waals surface area contributed by atoms with Crippen molar-refractivity contribution in [3.05, 3.63) is 28.0 Å². The second kappa shape index (κ2) is 3.10. The molecule has 0 aromatic heterocycles. The molecule has 1 aromatic carbocycles. The van der Waals surface area contributed by atoms with E-state index in [1.54, 1.807) is 6.07 Å². The van der Waals surface area contributed by atoms with E-state index >= 15 is 0 Å². The second-order valence-electron chi connectivity index (χ2n) is 2.88. The van der Waals surface area contributed by atoms with Crippen LogP contribution < -0.4 is 5.32 Å². The zero-order chi connectivity index (χ0) is 9.42. The molecule has 0 radical (unpaired) electrons. The standard InChI is InChI=1S/C9H7BrFNO/c10-5-1-2-6(11)9-8(5)7(13)3-4-12-9/h1-2,12H,3-4H2. The Kier molecular flexibility index (Phi) is 2.07. The van der Waals surface area contributed by atoms with Crippen molar-refractivity contribution in [2.45, 2.75) is 6.42 Å². The van der Waals surface area contributed by atoms with E-state index < -0.39 is 0 Å². The van der Waals surface area contributed by atoms with Gasteiger partial charge in [0.1, 0.15) is 5.82 Å². The number of carbonyl (C=O) groups excluding carboxylic acids is 1. The first-order chi connectivity index (χ1) is 6.20. The average molecular weight is 244 g/mol. The lowest BCUT2D eigenvalue weighted by Gasteiger charge is -2.18. The summed E-state index contributed by atoms with van der Waals surface area (Å²) in [5, 5.41) is 2.88. The Morgan fingerprint density at radius 3 is 2.92 bits per heavy atom. The summed E-state index contributed by atoms with van der Waals surface area (Å²) in [6.45, 7) is 0.513. The van der Waals surface area contributed by atoms with Gasteiger partial charge in [-0.25, -0.2) is 4.39 Å². The van der Waals surface area contributed by atoms with Crippen molar-refractivity contribution >= 4 is 27.4 Å². The lowest BCUT2D eigenvalue weighted by Crippen LogP contribution is -2.19. The van der Waals surface area contributed by atoms with Crippen molar-refractivity contribution in [2.24, 2.45) is 0 Å². The van der Waals surface area contributed by atoms with E-state index in [-0.39, 0.29) is 11.6 Å². The molecule has 2 rings (SSSR count). The third kappa shape index (κ3) is 1.35. The molecule has 2 nitrogen and oxygen atoms in total. The lowest BCUT2D eigenvalue weighted by atomic mass is 10.0. The molecule has 0 saturated carbocycles. The first-order valence-corrected chi connectivity index (χ1v) is 4.74. The Morgan fingerprint density at radius 1 is 1.46 bits per heavy atom. The van der Waals surface area contributed by atoms with E-state index in [2.05, 4.69) is 21.2 Å². The Bertz CT molecular complexity index is 378. The van der Waals surface area contributed by atoms with Crippen molar-refractivity contribution in [3.63, 3.8) is 0 Å². The number of nitrogens with one attached hydrogen (secondary N) is 1. The van der Waals surface area contributed by atoms with Crippen molar-refractivity contribution in [1.82, 2.24) is 0 Å². The summed E-state index contributed by atoms with van der Waals surface area (Å²) in [6.07, 6.45) is 0.426. The van der Waals surface area contributed by atoms with Crippen LogP contribution in [0.25, 0.3) is 0 Å². The number of Topliss-reactive ketones (excluding diaryl/α,β-unsaturated/α-hetero) is 1. The normalized spacial score (nSPS) is 15.1. The van der Waals surface area contributed by atoms with Gasteiger partial charge in [0.05, 0.1) is 11.3 Å². The van der Waals surface area contributed by atoms with Gasteiger partial charge in [0, 0.05) is 17.4 Å². The molecule has 0 spiro atoms. The van der Waals surface area contributed by atoms with Gasteiger partial charge in [-0.15, -0.1) is 0 Å². The molecule has 68 valence electrons. The van der Waals surface area contributed by atoms with E-state index in [1.807, 2.05) is 0 Å². The first-order valence-electron chi connectivity index (χ1n) is 3.95. The largest absolute Gasteiger partial charge is 0.382 e. The molecule has 0 bridgehead atoms. The minimum Gasteiger partial charge on any atom is -0.382 e. The molecule has 1 aliphatic rings. The number of fused-ring (bicyclic) bond motifs is 1. The molecule has 0 amide bonds. The highest BCUT2D eigenvalue weighted by molar-refractivity contribution is 9.10. The van der Waals surface area contributed by atoms with E-state index in [0.717, 1.165) is 0 Å². The number of ketones is 1. The van der Waals surface area contributed by atoms with Crippen molar-refractivity contribution in [2.75, 3.05) is 11.9 Å². The zero-order valence-corrected chi connectivity index (χ0v) is 8.32. The fourth-order valence-corrected chi connectivity index (χ4v) is 1.97. The Labute approximate surface area is 83.3 Å². The Balaban J connectivity index is 2.67. The quantitative estimate of drug-likeness (QED) is 0.759. The predicted octanol–water partition coefficient (Wildman–Crippen LogP) is 2.59. The maximum Gasteiger partial charge on any atom is 0.167 e. The van der Waals surface area contributed by atoms with E-state index in [0.29, 0.717) is 28.7 Å². The zero-order valence-electron chi connectivity index (χ0n) is 6.73. The molecule has 0 saturated heterocycles. The predicted molar refractivity (Wildman–Crippen MR) is 51.5 cm³/mol. The highest BCUT2D eigenvalue weighted by Gasteiger charge is 2.22. The van der Waals surface area contributed by atoms with Gasteiger partial charge in [0.25, 0.3) is 0 Å². The summed E-state index contributed by atoms with van der Waals surface area (Å²) in [5.74, 6) is -0.383. The molecule has 1 heterocycles. The monoisotopic (exact) mass is 243 g/mol. The second-order valence-corrected chi connectivity index (χ2v) is 3.73. The fraction of sp³-hybridized carbons (Fsp3) is 0.222. The van der Waals surface area contributed by atoms with E-state index in [4.69, 9.17) is 0 Å². The minimum absolute atomic E-state index is 0.0138. The van der Waals surface area contributed by atoms with Crippen LogP contribution in [0.2, 0.25) is 0 Å². The average Bonchev–Trinajstić information content (AvgIpc) is 2.12. The van der Waals surface area contributed by atoms with Crippen LogP contribution in [0.15, 0.2) is 16.6 Å². The molecule has 0 unspecified atom stereocenters. The molecule has 13 heavy (non-hydrogen) atoms. The van der Waals surface area contributed by atoms with Crippen LogP contribution in [-0.2, 0) is 0 Å². The number of hydrogen-bond acceptors (Lipinski definition) is 2. The summed E-state index contributed by atoms with van der Waals surface area (Å²) >= 11 is 3.23. The van der Waals surface area contributed by atoms with Gasteiger partial charge in [-0.3, -0.25) is 4.79 Å². The van der Waals surface area contributed by atoms with Gasteiger partial charge in [-0.1, -0.05) is 0 Å². The van der Waals surface area contributed by atoms with Gasteiger partial charge in [0.2, 0.25) is 0 Å². The molecule has 1 aliphatic heterocycles. The summed E-state index contributed by atoms with van der Waals surface area (Å²) < 4.78 is 13.8. The third-order valence-electron chi connectivity index (χ3n) is 2.04. The molecular weight excluding hydrogens is 237 g/mol. The van der Waals surface area contributed by atoms with E-state index in [1.165, 1.54) is 6.07 Å². The van der Waals surface area contributed by atoms with Crippen LogP contribution >= 0.6 is 15.9 Å². The maximum absolute atomic E-state index is 13.2. The van der Waals surface area contributed by atoms with Gasteiger partial charge >= 0.3 is 0 Å². The molecule has 0 atom stereocenters. The lowest BCUT2D eigenvalue weighted by molar-refractivity contribution is 0.0982. The number of carbonyl (C=O) groups is 1. The number of benzene rings is 1. The van der Waals surface area contributed by atoms with Crippen molar-refractivity contribution < 1.29 is 9.18 Å². The smallest absolute Gasteiger partial charge is 0.167 e. The number of hydrogen-bond donors (Lipinski definition) is 1. The molecule has 1 N–H and O–H groups in total. The van der Waals surface area contributed by atoms with Gasteiger partial charge in [-0.05, 0) is 28.1 Å². The van der Waals surface area contributed by atoms with Crippen LogP contribution in [0.3, 0.4) is 0 Å². The number of anilines is 1. The van der Waals surface area contributed by atoms with Gasteiger partial charge in [-0.2, -0.15) is 0 Å². The summed E-state index contributed by atoms with van der Waals surface area (Å²) in [7, 11) is 0. The van der Waals surface area contributed by atoms with Crippen molar-refractivity contribution in [3.8, 4) is 0 Å². The van der Waals surface area contributed by atoms with Crippen LogP contribution in [0.4, 0.5) is 10.1 Å². The molecule has 4 heteroatoms. The van der Waals surface area contributed by atoms with Gasteiger partial charge in [0.15, 0.2) is 5.78 Å². The first kappa shape index (κ1) is 8.69. The van der Waals surface area contributed by atoms with Crippen LogP contribution in [0.1, 0.15) is 16.8 Å². The van der Waals surface area contributed by atoms with Gasteiger partial charge < -0.3 is 5.32 Å². The molecule has 0 aliphatic carbocycles. The van der Waals surface area contributed by atoms with E-state index in [9.17, 15) is 9.18 Å². The molecule has 0 fully saturated rings. The molecular formula is C9H7BrFNO.